The molecule has 2 aromatic rings. The minimum absolute atomic E-state index is 0.0312. The van der Waals surface area contributed by atoms with E-state index >= 15 is 0 Å². The molecule has 2 rings (SSSR count). The monoisotopic (exact) mass is 304 g/mol. The van der Waals surface area contributed by atoms with Gasteiger partial charge in [0.1, 0.15) is 0 Å². The maximum atomic E-state index is 12.5. The van der Waals surface area contributed by atoms with Gasteiger partial charge in [0.2, 0.25) is 5.91 Å². The molecule has 1 aromatic heterocycles. The number of hydrogen-bond acceptors (Lipinski definition) is 4. The van der Waals surface area contributed by atoms with Gasteiger partial charge in [0.05, 0.1) is 17.7 Å². The van der Waals surface area contributed by atoms with Crippen molar-refractivity contribution in [3.63, 3.8) is 0 Å². The van der Waals surface area contributed by atoms with Crippen LogP contribution in [0.1, 0.15) is 31.5 Å². The average Bonchev–Trinajstić information content (AvgIpc) is 2.86. The molecule has 0 saturated heterocycles. The highest BCUT2D eigenvalue weighted by molar-refractivity contribution is 7.14. The predicted octanol–water partition coefficient (Wildman–Crippen LogP) is 3.10. The van der Waals surface area contributed by atoms with E-state index < -0.39 is 5.60 Å². The molecule has 1 heterocycles. The molecule has 1 amide bonds. The number of aromatic nitrogens is 1. The third-order valence-electron chi connectivity index (χ3n) is 3.35. The van der Waals surface area contributed by atoms with Crippen molar-refractivity contribution in [1.82, 2.24) is 4.98 Å². The molecule has 1 N–H and O–H groups in total. The van der Waals surface area contributed by atoms with Crippen LogP contribution in [0.15, 0.2) is 35.7 Å². The van der Waals surface area contributed by atoms with Gasteiger partial charge in [0.25, 0.3) is 0 Å². The summed E-state index contributed by atoms with van der Waals surface area (Å²) in [7, 11) is 0. The summed E-state index contributed by atoms with van der Waals surface area (Å²) in [6.07, 6.45) is 0.0312. The van der Waals surface area contributed by atoms with Crippen LogP contribution in [0.2, 0.25) is 0 Å². The molecule has 112 valence electrons. The second-order valence-corrected chi connectivity index (χ2v) is 6.06. The number of carbonyl (C=O) groups excluding carboxylic acids is 1. The molecule has 0 aliphatic rings. The molecule has 0 fully saturated rings. The summed E-state index contributed by atoms with van der Waals surface area (Å²) in [6.45, 7) is 6.02. The summed E-state index contributed by atoms with van der Waals surface area (Å²) in [5.74, 6) is -0.124. The van der Waals surface area contributed by atoms with Crippen LogP contribution in [0.25, 0.3) is 0 Å². The Morgan fingerprint density at radius 3 is 2.57 bits per heavy atom. The normalized spacial score (nSPS) is 13.7. The molecule has 0 spiro atoms. The van der Waals surface area contributed by atoms with Gasteiger partial charge in [-0.25, -0.2) is 4.98 Å². The number of hydrogen-bond donors (Lipinski definition) is 1. The van der Waals surface area contributed by atoms with Gasteiger partial charge in [-0.1, -0.05) is 30.3 Å². The Bertz CT molecular complexity index is 608. The average molecular weight is 304 g/mol. The summed E-state index contributed by atoms with van der Waals surface area (Å²) in [5.41, 5.74) is 0.457. The summed E-state index contributed by atoms with van der Waals surface area (Å²) >= 11 is 1.44. The second kappa shape index (κ2) is 6.37. The number of aliphatic hydroxyl groups is 1. The lowest BCUT2D eigenvalue weighted by atomic mass is 9.92. The molecule has 5 heteroatoms. The molecular weight excluding hydrogens is 284 g/mol. The molecule has 0 aliphatic carbocycles. The van der Waals surface area contributed by atoms with Crippen molar-refractivity contribution in [3.05, 3.63) is 47.0 Å². The van der Waals surface area contributed by atoms with Crippen molar-refractivity contribution < 1.29 is 9.90 Å². The summed E-state index contributed by atoms with van der Waals surface area (Å²) < 4.78 is 0. The van der Waals surface area contributed by atoms with Crippen molar-refractivity contribution in [2.24, 2.45) is 0 Å². The van der Waals surface area contributed by atoms with E-state index in [1.165, 1.54) is 11.3 Å². The molecule has 1 aromatic carbocycles. The van der Waals surface area contributed by atoms with Crippen LogP contribution in [-0.2, 0) is 10.4 Å². The zero-order valence-corrected chi connectivity index (χ0v) is 13.4. The smallest absolute Gasteiger partial charge is 0.232 e. The first-order valence-corrected chi connectivity index (χ1v) is 7.82. The van der Waals surface area contributed by atoms with E-state index in [1.807, 2.05) is 49.6 Å². The number of benzene rings is 1. The van der Waals surface area contributed by atoms with Crippen molar-refractivity contribution in [2.45, 2.75) is 32.8 Å². The van der Waals surface area contributed by atoms with Gasteiger partial charge < -0.3 is 5.11 Å². The maximum absolute atomic E-state index is 12.5. The topological polar surface area (TPSA) is 53.4 Å². The number of thiazole rings is 1. The quantitative estimate of drug-likeness (QED) is 0.923. The van der Waals surface area contributed by atoms with Gasteiger partial charge in [-0.05, 0) is 26.3 Å². The Morgan fingerprint density at radius 1 is 1.38 bits per heavy atom. The Kier molecular flexibility index (Phi) is 4.75. The van der Waals surface area contributed by atoms with Crippen LogP contribution in [0, 0.1) is 6.92 Å². The molecule has 0 saturated carbocycles. The number of rotatable bonds is 5. The van der Waals surface area contributed by atoms with E-state index in [9.17, 15) is 9.90 Å². The molecular formula is C16H20N2O2S. The van der Waals surface area contributed by atoms with E-state index in [0.717, 1.165) is 11.3 Å². The predicted molar refractivity (Wildman–Crippen MR) is 85.5 cm³/mol. The van der Waals surface area contributed by atoms with Crippen LogP contribution in [0.3, 0.4) is 0 Å². The first-order chi connectivity index (χ1) is 9.94. The largest absolute Gasteiger partial charge is 0.385 e. The molecule has 0 bridgehead atoms. The molecule has 0 aliphatic heterocycles. The number of amides is 1. The summed E-state index contributed by atoms with van der Waals surface area (Å²) in [6, 6.07) is 9.26. The zero-order chi connectivity index (χ0) is 15.5. The third kappa shape index (κ3) is 3.68. The molecule has 1 atom stereocenters. The fraction of sp³-hybridized carbons (Fsp3) is 0.375. The Morgan fingerprint density at radius 2 is 2.05 bits per heavy atom. The second-order valence-electron chi connectivity index (χ2n) is 5.23. The van der Waals surface area contributed by atoms with Gasteiger partial charge in [-0.3, -0.25) is 9.69 Å². The van der Waals surface area contributed by atoms with Gasteiger partial charge in [-0.15, -0.1) is 11.3 Å². The standard InChI is InChI=1S/C16H20N2O2S/c1-4-18(15-17-12(2)11-21-15)14(19)10-16(3,20)13-8-6-5-7-9-13/h5-9,11,20H,4,10H2,1-3H3. The van der Waals surface area contributed by atoms with Crippen molar-refractivity contribution in [1.29, 1.82) is 0 Å². The maximum Gasteiger partial charge on any atom is 0.232 e. The van der Waals surface area contributed by atoms with Crippen LogP contribution in [-0.4, -0.2) is 22.5 Å². The fourth-order valence-electron chi connectivity index (χ4n) is 2.17. The molecule has 4 nitrogen and oxygen atoms in total. The van der Waals surface area contributed by atoms with Gasteiger partial charge >= 0.3 is 0 Å². The van der Waals surface area contributed by atoms with Crippen molar-refractivity contribution in [3.8, 4) is 0 Å². The van der Waals surface area contributed by atoms with Crippen LogP contribution in [0.4, 0.5) is 5.13 Å². The SMILES string of the molecule is CCN(C(=O)CC(C)(O)c1ccccc1)c1nc(C)cs1. The van der Waals surface area contributed by atoms with Crippen LogP contribution >= 0.6 is 11.3 Å². The molecule has 1 unspecified atom stereocenters. The van der Waals surface area contributed by atoms with E-state index in [4.69, 9.17) is 0 Å². The molecule has 21 heavy (non-hydrogen) atoms. The van der Waals surface area contributed by atoms with E-state index in [2.05, 4.69) is 4.98 Å². The zero-order valence-electron chi connectivity index (χ0n) is 12.5. The first-order valence-electron chi connectivity index (χ1n) is 6.94. The lowest BCUT2D eigenvalue weighted by Crippen LogP contribution is -2.36. The van der Waals surface area contributed by atoms with Gasteiger partial charge in [0.15, 0.2) is 5.13 Å². The van der Waals surface area contributed by atoms with Gasteiger partial charge in [-0.2, -0.15) is 0 Å². The minimum atomic E-state index is -1.18. The van der Waals surface area contributed by atoms with Crippen molar-refractivity contribution >= 4 is 22.4 Å². The van der Waals surface area contributed by atoms with Gasteiger partial charge in [0, 0.05) is 11.9 Å². The van der Waals surface area contributed by atoms with E-state index in [1.54, 1.807) is 11.8 Å². The van der Waals surface area contributed by atoms with Crippen molar-refractivity contribution in [2.75, 3.05) is 11.4 Å². The lowest BCUT2D eigenvalue weighted by molar-refractivity contribution is -0.123. The Labute approximate surface area is 129 Å². The highest BCUT2D eigenvalue weighted by Gasteiger charge is 2.29. The first kappa shape index (κ1) is 15.7. The highest BCUT2D eigenvalue weighted by atomic mass is 32.1. The number of aryl methyl sites for hydroxylation is 1. The molecule has 0 radical (unpaired) electrons. The Balaban J connectivity index is 2.16. The van der Waals surface area contributed by atoms with Crippen LogP contribution in [0.5, 0.6) is 0 Å². The van der Waals surface area contributed by atoms with E-state index in [0.29, 0.717) is 11.7 Å². The third-order valence-corrected chi connectivity index (χ3v) is 4.33. The Hall–Kier alpha value is -1.72. The number of anilines is 1. The number of nitrogens with zero attached hydrogens (tertiary/aromatic N) is 2. The van der Waals surface area contributed by atoms with Crippen LogP contribution < -0.4 is 4.90 Å². The summed E-state index contributed by atoms with van der Waals surface area (Å²) in [5, 5.41) is 13.2. The lowest BCUT2D eigenvalue weighted by Gasteiger charge is -2.26. The highest BCUT2D eigenvalue weighted by Crippen LogP contribution is 2.27. The fourth-order valence-corrected chi connectivity index (χ4v) is 3.06. The van der Waals surface area contributed by atoms with E-state index in [-0.39, 0.29) is 12.3 Å². The minimum Gasteiger partial charge on any atom is -0.385 e. The number of carbonyl (C=O) groups is 1. The summed E-state index contributed by atoms with van der Waals surface area (Å²) in [4.78, 5) is 18.5.